The topological polar surface area (TPSA) is 60.4 Å². The molecule has 3 unspecified atom stereocenters. The second-order valence-electron chi connectivity index (χ2n) is 8.66. The van der Waals surface area contributed by atoms with Crippen molar-refractivity contribution in [3.63, 3.8) is 0 Å². The number of Topliss-reactive ketones (excluding diaryl/α,β-unsaturated/α-hetero) is 1. The lowest BCUT2D eigenvalue weighted by molar-refractivity contribution is 0.0879. The van der Waals surface area contributed by atoms with Crippen LogP contribution in [0.4, 0.5) is 0 Å². The molecule has 166 valence electrons. The van der Waals surface area contributed by atoms with Gasteiger partial charge in [-0.3, -0.25) is 8.98 Å². The SMILES string of the molecule is Cc1ccc(S(=O)(=O)OCC2CCC(C(=O)c3ccc(-c4ccccc4)cc3)C2C)cc1. The Labute approximate surface area is 190 Å². The van der Waals surface area contributed by atoms with Crippen LogP contribution in [-0.2, 0) is 14.3 Å². The summed E-state index contributed by atoms with van der Waals surface area (Å²) in [5.41, 5.74) is 3.89. The molecule has 3 atom stereocenters. The van der Waals surface area contributed by atoms with Gasteiger partial charge in [0.25, 0.3) is 10.1 Å². The summed E-state index contributed by atoms with van der Waals surface area (Å²) in [5, 5.41) is 0. The Morgan fingerprint density at radius 2 is 1.50 bits per heavy atom. The van der Waals surface area contributed by atoms with E-state index in [0.717, 1.165) is 29.5 Å². The second-order valence-corrected chi connectivity index (χ2v) is 10.3. The van der Waals surface area contributed by atoms with Crippen molar-refractivity contribution in [2.75, 3.05) is 6.61 Å². The molecule has 1 aliphatic rings. The van der Waals surface area contributed by atoms with E-state index in [4.69, 9.17) is 4.18 Å². The van der Waals surface area contributed by atoms with E-state index in [9.17, 15) is 13.2 Å². The van der Waals surface area contributed by atoms with Gasteiger partial charge in [0.2, 0.25) is 0 Å². The Morgan fingerprint density at radius 1 is 0.875 bits per heavy atom. The molecule has 1 aliphatic carbocycles. The van der Waals surface area contributed by atoms with Gasteiger partial charge in [-0.15, -0.1) is 0 Å². The number of carbonyl (C=O) groups excluding carboxylic acids is 1. The summed E-state index contributed by atoms with van der Waals surface area (Å²) < 4.78 is 30.4. The molecular weight excluding hydrogens is 420 g/mol. The summed E-state index contributed by atoms with van der Waals surface area (Å²) in [5.74, 6) is 0.103. The molecule has 3 aromatic carbocycles. The zero-order valence-electron chi connectivity index (χ0n) is 18.4. The lowest BCUT2D eigenvalue weighted by Gasteiger charge is -2.20. The fraction of sp³-hybridized carbons (Fsp3) is 0.296. The Kier molecular flexibility index (Phi) is 6.58. The highest BCUT2D eigenvalue weighted by Gasteiger charge is 2.38. The molecule has 5 heteroatoms. The van der Waals surface area contributed by atoms with E-state index in [-0.39, 0.29) is 35.0 Å². The van der Waals surface area contributed by atoms with Crippen molar-refractivity contribution in [2.45, 2.75) is 31.6 Å². The number of benzene rings is 3. The standard InChI is InChI=1S/C27H28O4S/c1-19-8-15-25(16-9-19)32(29,30)31-18-24-14-17-26(20(24)2)27(28)23-12-10-22(11-13-23)21-6-4-3-5-7-21/h3-13,15-16,20,24,26H,14,17-18H2,1-2H3. The average Bonchev–Trinajstić information content (AvgIpc) is 3.18. The van der Waals surface area contributed by atoms with Gasteiger partial charge in [-0.1, -0.05) is 79.2 Å². The fourth-order valence-corrected chi connectivity index (χ4v) is 5.43. The molecule has 0 spiro atoms. The van der Waals surface area contributed by atoms with Gasteiger partial charge in [0.05, 0.1) is 11.5 Å². The van der Waals surface area contributed by atoms with Crippen molar-refractivity contribution < 1.29 is 17.4 Å². The van der Waals surface area contributed by atoms with Crippen molar-refractivity contribution >= 4 is 15.9 Å². The molecule has 0 bridgehead atoms. The van der Waals surface area contributed by atoms with Crippen LogP contribution in [-0.4, -0.2) is 20.8 Å². The number of rotatable bonds is 7. The highest BCUT2D eigenvalue weighted by molar-refractivity contribution is 7.86. The Morgan fingerprint density at radius 3 is 2.16 bits per heavy atom. The van der Waals surface area contributed by atoms with E-state index in [1.807, 2.05) is 68.4 Å². The molecule has 3 aromatic rings. The molecule has 1 fully saturated rings. The van der Waals surface area contributed by atoms with Crippen molar-refractivity contribution in [1.82, 2.24) is 0 Å². The smallest absolute Gasteiger partial charge is 0.294 e. The highest BCUT2D eigenvalue weighted by Crippen LogP contribution is 2.39. The summed E-state index contributed by atoms with van der Waals surface area (Å²) >= 11 is 0. The summed E-state index contributed by atoms with van der Waals surface area (Å²) in [7, 11) is -3.79. The van der Waals surface area contributed by atoms with E-state index in [1.165, 1.54) is 0 Å². The van der Waals surface area contributed by atoms with Crippen molar-refractivity contribution in [1.29, 1.82) is 0 Å². The first-order chi connectivity index (χ1) is 15.3. The van der Waals surface area contributed by atoms with Crippen LogP contribution in [0.2, 0.25) is 0 Å². The van der Waals surface area contributed by atoms with Gasteiger partial charge in [0.1, 0.15) is 0 Å². The minimum Gasteiger partial charge on any atom is -0.294 e. The number of aryl methyl sites for hydroxylation is 1. The minimum absolute atomic E-state index is 0.0350. The largest absolute Gasteiger partial charge is 0.296 e. The quantitative estimate of drug-likeness (QED) is 0.333. The van der Waals surface area contributed by atoms with Crippen LogP contribution in [0, 0.1) is 24.7 Å². The first kappa shape index (κ1) is 22.4. The van der Waals surface area contributed by atoms with Crippen molar-refractivity contribution in [3.05, 3.63) is 90.0 Å². The van der Waals surface area contributed by atoms with Crippen LogP contribution in [0.5, 0.6) is 0 Å². The molecular formula is C27H28O4S. The number of carbonyl (C=O) groups is 1. The van der Waals surface area contributed by atoms with Gasteiger partial charge in [-0.05, 0) is 54.9 Å². The van der Waals surface area contributed by atoms with Gasteiger partial charge < -0.3 is 0 Å². The van der Waals surface area contributed by atoms with Gasteiger partial charge in [-0.25, -0.2) is 0 Å². The number of hydrogen-bond acceptors (Lipinski definition) is 4. The predicted molar refractivity (Wildman–Crippen MR) is 126 cm³/mol. The van der Waals surface area contributed by atoms with Crippen LogP contribution < -0.4 is 0 Å². The molecule has 4 rings (SSSR count). The monoisotopic (exact) mass is 448 g/mol. The van der Waals surface area contributed by atoms with E-state index in [0.29, 0.717) is 5.56 Å². The zero-order valence-corrected chi connectivity index (χ0v) is 19.2. The van der Waals surface area contributed by atoms with Gasteiger partial charge in [-0.2, -0.15) is 8.42 Å². The molecule has 0 aromatic heterocycles. The van der Waals surface area contributed by atoms with Crippen molar-refractivity contribution in [2.24, 2.45) is 17.8 Å². The van der Waals surface area contributed by atoms with E-state index in [2.05, 4.69) is 0 Å². The van der Waals surface area contributed by atoms with Crippen LogP contribution in [0.15, 0.2) is 83.8 Å². The molecule has 32 heavy (non-hydrogen) atoms. The third kappa shape index (κ3) is 4.84. The second kappa shape index (κ2) is 9.39. The predicted octanol–water partition coefficient (Wildman–Crippen LogP) is 5.91. The Hall–Kier alpha value is -2.76. The molecule has 0 N–H and O–H groups in total. The van der Waals surface area contributed by atoms with Gasteiger partial charge >= 0.3 is 0 Å². The third-order valence-electron chi connectivity index (χ3n) is 6.59. The summed E-state index contributed by atoms with van der Waals surface area (Å²) in [6.45, 7) is 4.04. The van der Waals surface area contributed by atoms with E-state index in [1.54, 1.807) is 24.3 Å². The van der Waals surface area contributed by atoms with Crippen LogP contribution in [0.25, 0.3) is 11.1 Å². The van der Waals surface area contributed by atoms with Crippen LogP contribution in [0.3, 0.4) is 0 Å². The summed E-state index contributed by atoms with van der Waals surface area (Å²) in [4.78, 5) is 13.3. The average molecular weight is 449 g/mol. The molecule has 0 heterocycles. The maximum absolute atomic E-state index is 13.1. The molecule has 0 aliphatic heterocycles. The van der Waals surface area contributed by atoms with E-state index >= 15 is 0 Å². The Bertz CT molecular complexity index is 1170. The maximum Gasteiger partial charge on any atom is 0.296 e. The minimum atomic E-state index is -3.79. The Balaban J connectivity index is 1.39. The van der Waals surface area contributed by atoms with E-state index < -0.39 is 10.1 Å². The molecule has 1 saturated carbocycles. The molecule has 0 saturated heterocycles. The lowest BCUT2D eigenvalue weighted by Crippen LogP contribution is -2.23. The molecule has 4 nitrogen and oxygen atoms in total. The first-order valence-corrected chi connectivity index (χ1v) is 12.4. The zero-order chi connectivity index (χ0) is 22.7. The lowest BCUT2D eigenvalue weighted by atomic mass is 9.86. The summed E-state index contributed by atoms with van der Waals surface area (Å²) in [6, 6.07) is 24.5. The third-order valence-corrected chi connectivity index (χ3v) is 7.88. The first-order valence-electron chi connectivity index (χ1n) is 11.0. The van der Waals surface area contributed by atoms with Crippen molar-refractivity contribution in [3.8, 4) is 11.1 Å². The molecule has 0 amide bonds. The van der Waals surface area contributed by atoms with Gasteiger partial charge in [0, 0.05) is 11.5 Å². The van der Waals surface area contributed by atoms with Gasteiger partial charge in [0.15, 0.2) is 5.78 Å². The maximum atomic E-state index is 13.1. The van der Waals surface area contributed by atoms with Crippen LogP contribution >= 0.6 is 0 Å². The number of ketones is 1. The molecule has 0 radical (unpaired) electrons. The van der Waals surface area contributed by atoms with Crippen LogP contribution in [0.1, 0.15) is 35.7 Å². The normalized spacial score (nSPS) is 20.9. The highest BCUT2D eigenvalue weighted by atomic mass is 32.2. The number of hydrogen-bond donors (Lipinski definition) is 0. The summed E-state index contributed by atoms with van der Waals surface area (Å²) in [6.07, 6.45) is 1.53. The fourth-order valence-electron chi connectivity index (χ4n) is 4.47.